The van der Waals surface area contributed by atoms with E-state index >= 15 is 0 Å². The predicted octanol–water partition coefficient (Wildman–Crippen LogP) is 1.93. The number of carbonyl (C=O) groups excluding carboxylic acids is 3. The number of nitrogens with zero attached hydrogens (tertiary/aromatic N) is 3. The third kappa shape index (κ3) is 4.34. The highest BCUT2D eigenvalue weighted by molar-refractivity contribution is 5.91. The summed E-state index contributed by atoms with van der Waals surface area (Å²) in [5, 5.41) is 9.93. The van der Waals surface area contributed by atoms with Crippen LogP contribution in [0.3, 0.4) is 0 Å². The Morgan fingerprint density at radius 1 is 1.03 bits per heavy atom. The van der Waals surface area contributed by atoms with Gasteiger partial charge in [0.1, 0.15) is 0 Å². The summed E-state index contributed by atoms with van der Waals surface area (Å²) < 4.78 is 5.05. The number of rotatable bonds is 5. The molecule has 9 heteroatoms. The highest BCUT2D eigenvalue weighted by Gasteiger charge is 2.51. The van der Waals surface area contributed by atoms with Crippen molar-refractivity contribution in [2.24, 2.45) is 17.8 Å². The van der Waals surface area contributed by atoms with Crippen LogP contribution in [-0.2, 0) is 4.79 Å². The zero-order valence-electron chi connectivity index (χ0n) is 18.8. The van der Waals surface area contributed by atoms with Crippen LogP contribution in [0.2, 0.25) is 0 Å². The first-order chi connectivity index (χ1) is 15.4. The van der Waals surface area contributed by atoms with Gasteiger partial charge >= 0.3 is 6.03 Å². The first kappa shape index (κ1) is 21.3. The van der Waals surface area contributed by atoms with Gasteiger partial charge in [-0.1, -0.05) is 5.16 Å². The van der Waals surface area contributed by atoms with Crippen LogP contribution in [0.15, 0.2) is 10.6 Å². The molecule has 9 nitrogen and oxygen atoms in total. The van der Waals surface area contributed by atoms with Crippen LogP contribution >= 0.6 is 0 Å². The van der Waals surface area contributed by atoms with Gasteiger partial charge in [0.05, 0.1) is 5.69 Å². The average Bonchev–Trinajstić information content (AvgIpc) is 3.18. The molecule has 32 heavy (non-hydrogen) atoms. The Hall–Kier alpha value is -2.58. The highest BCUT2D eigenvalue weighted by Crippen LogP contribution is 2.55. The molecule has 6 rings (SSSR count). The smallest absolute Gasteiger partial charge is 0.315 e. The number of carbonyl (C=O) groups is 3. The molecule has 2 heterocycles. The van der Waals surface area contributed by atoms with E-state index in [2.05, 4.69) is 15.8 Å². The Balaban J connectivity index is 1.03. The van der Waals surface area contributed by atoms with Gasteiger partial charge in [0, 0.05) is 50.7 Å². The van der Waals surface area contributed by atoms with E-state index in [1.807, 2.05) is 0 Å². The number of urea groups is 1. The van der Waals surface area contributed by atoms with Crippen molar-refractivity contribution in [3.63, 3.8) is 0 Å². The van der Waals surface area contributed by atoms with E-state index in [1.54, 1.807) is 22.8 Å². The third-order valence-electron chi connectivity index (χ3n) is 7.80. The Labute approximate surface area is 188 Å². The molecule has 5 fully saturated rings. The molecular weight excluding hydrogens is 410 g/mol. The fourth-order valence-corrected chi connectivity index (χ4v) is 6.77. The first-order valence-corrected chi connectivity index (χ1v) is 12.0. The third-order valence-corrected chi connectivity index (χ3v) is 7.80. The van der Waals surface area contributed by atoms with E-state index in [4.69, 9.17) is 4.52 Å². The van der Waals surface area contributed by atoms with Crippen LogP contribution < -0.4 is 10.6 Å². The molecule has 174 valence electrons. The van der Waals surface area contributed by atoms with E-state index in [1.165, 1.54) is 19.3 Å². The van der Waals surface area contributed by atoms with Crippen molar-refractivity contribution in [2.75, 3.05) is 32.7 Å². The number of hydrogen-bond donors (Lipinski definition) is 2. The summed E-state index contributed by atoms with van der Waals surface area (Å²) in [6.45, 7) is 3.99. The fourth-order valence-electron chi connectivity index (χ4n) is 6.77. The van der Waals surface area contributed by atoms with Gasteiger partial charge in [-0.2, -0.15) is 0 Å². The summed E-state index contributed by atoms with van der Waals surface area (Å²) in [6, 6.07) is 1.48. The second kappa shape index (κ2) is 8.41. The maximum Gasteiger partial charge on any atom is 0.315 e. The molecular formula is C23H33N5O4. The van der Waals surface area contributed by atoms with Crippen LogP contribution in [0, 0.1) is 24.7 Å². The minimum Gasteiger partial charge on any atom is -0.351 e. The fraction of sp³-hybridized carbons (Fsp3) is 0.739. The van der Waals surface area contributed by atoms with Crippen LogP contribution in [0.5, 0.6) is 0 Å². The summed E-state index contributed by atoms with van der Waals surface area (Å²) in [5.41, 5.74) is 0.648. The maximum absolute atomic E-state index is 12.6. The summed E-state index contributed by atoms with van der Waals surface area (Å²) >= 11 is 0. The van der Waals surface area contributed by atoms with Crippen molar-refractivity contribution in [2.45, 2.75) is 57.4 Å². The number of amides is 4. The second-order valence-corrected chi connectivity index (χ2v) is 10.3. The van der Waals surface area contributed by atoms with E-state index in [0.29, 0.717) is 38.4 Å². The van der Waals surface area contributed by atoms with Crippen LogP contribution in [0.1, 0.15) is 61.2 Å². The average molecular weight is 444 g/mol. The lowest BCUT2D eigenvalue weighted by atomic mass is 9.53. The number of hydrogen-bond acceptors (Lipinski definition) is 5. The van der Waals surface area contributed by atoms with Crippen molar-refractivity contribution in [1.29, 1.82) is 0 Å². The number of nitrogens with one attached hydrogen (secondary N) is 2. The van der Waals surface area contributed by atoms with E-state index in [9.17, 15) is 14.4 Å². The number of aromatic nitrogens is 1. The molecule has 4 amide bonds. The molecule has 1 aliphatic heterocycles. The molecule has 0 unspecified atom stereocenters. The van der Waals surface area contributed by atoms with Gasteiger partial charge < -0.3 is 25.0 Å². The lowest BCUT2D eigenvalue weighted by molar-refractivity contribution is -0.132. The highest BCUT2D eigenvalue weighted by atomic mass is 16.5. The van der Waals surface area contributed by atoms with Crippen molar-refractivity contribution in [1.82, 2.24) is 25.6 Å². The van der Waals surface area contributed by atoms with Crippen molar-refractivity contribution < 1.29 is 18.9 Å². The lowest BCUT2D eigenvalue weighted by Gasteiger charge is -2.56. The van der Waals surface area contributed by atoms with Gasteiger partial charge in [-0.05, 0) is 63.2 Å². The normalized spacial score (nSPS) is 31.0. The zero-order chi connectivity index (χ0) is 22.3. The zero-order valence-corrected chi connectivity index (χ0v) is 18.8. The Morgan fingerprint density at radius 3 is 2.19 bits per heavy atom. The molecule has 0 spiro atoms. The molecule has 4 aliphatic carbocycles. The SMILES string of the molecule is Cc1cc(C(=O)N2CCN(C(=O)CCNC(=O)NC34CC5CC(CC(C5)C3)C4)CC2)on1. The molecule has 4 saturated carbocycles. The largest absolute Gasteiger partial charge is 0.351 e. The molecule has 2 N–H and O–H groups in total. The summed E-state index contributed by atoms with van der Waals surface area (Å²) in [7, 11) is 0. The molecule has 0 aromatic carbocycles. The van der Waals surface area contributed by atoms with Crippen molar-refractivity contribution in [3.05, 3.63) is 17.5 Å². The van der Waals surface area contributed by atoms with Crippen LogP contribution in [-0.4, -0.2) is 71.1 Å². The molecule has 5 aliphatic rings. The summed E-state index contributed by atoms with van der Waals surface area (Å²) in [6.07, 6.45) is 7.63. The Kier molecular flexibility index (Phi) is 5.59. The minimum atomic E-state index is -0.194. The summed E-state index contributed by atoms with van der Waals surface area (Å²) in [4.78, 5) is 41.0. The molecule has 0 atom stereocenters. The molecule has 4 bridgehead atoms. The maximum atomic E-state index is 12.6. The van der Waals surface area contributed by atoms with E-state index < -0.39 is 0 Å². The number of piperazine rings is 1. The molecule has 0 radical (unpaired) electrons. The Morgan fingerprint density at radius 2 is 1.62 bits per heavy atom. The topological polar surface area (TPSA) is 108 Å². The van der Waals surface area contributed by atoms with Gasteiger partial charge in [0.2, 0.25) is 11.7 Å². The first-order valence-electron chi connectivity index (χ1n) is 12.0. The quantitative estimate of drug-likeness (QED) is 0.723. The van der Waals surface area contributed by atoms with Gasteiger partial charge in [-0.25, -0.2) is 4.79 Å². The second-order valence-electron chi connectivity index (χ2n) is 10.3. The van der Waals surface area contributed by atoms with Gasteiger partial charge in [-0.15, -0.1) is 0 Å². The van der Waals surface area contributed by atoms with Gasteiger partial charge in [0.25, 0.3) is 5.91 Å². The van der Waals surface area contributed by atoms with Crippen LogP contribution in [0.25, 0.3) is 0 Å². The van der Waals surface area contributed by atoms with Crippen LogP contribution in [0.4, 0.5) is 4.79 Å². The standard InChI is InChI=1S/C23H33N5O4/c1-15-8-19(32-26-15)21(30)28-6-4-27(5-7-28)20(29)2-3-24-22(31)25-23-12-16-9-17(13-23)11-18(10-16)14-23/h8,16-18H,2-7,9-14H2,1H3,(H2,24,25,31). The summed E-state index contributed by atoms with van der Waals surface area (Å²) in [5.74, 6) is 2.38. The monoisotopic (exact) mass is 443 g/mol. The van der Waals surface area contributed by atoms with Crippen molar-refractivity contribution in [3.8, 4) is 0 Å². The number of aryl methyl sites for hydroxylation is 1. The predicted molar refractivity (Wildman–Crippen MR) is 116 cm³/mol. The van der Waals surface area contributed by atoms with Gasteiger partial charge in [0.15, 0.2) is 0 Å². The molecule has 1 aromatic rings. The molecule has 1 aromatic heterocycles. The van der Waals surface area contributed by atoms with E-state index in [0.717, 1.165) is 37.0 Å². The van der Waals surface area contributed by atoms with Crippen molar-refractivity contribution >= 4 is 17.8 Å². The minimum absolute atomic E-state index is 0.00251. The Bertz CT molecular complexity index is 853. The molecule has 1 saturated heterocycles. The lowest BCUT2D eigenvalue weighted by Crippen LogP contribution is -2.61. The van der Waals surface area contributed by atoms with E-state index in [-0.39, 0.29) is 35.6 Å². The van der Waals surface area contributed by atoms with Gasteiger partial charge in [-0.3, -0.25) is 9.59 Å².